The summed E-state index contributed by atoms with van der Waals surface area (Å²) in [6.45, 7) is 8.31. The van der Waals surface area contributed by atoms with Crippen molar-refractivity contribution in [2.75, 3.05) is 17.7 Å². The van der Waals surface area contributed by atoms with Gasteiger partial charge in [-0.1, -0.05) is 20.8 Å². The van der Waals surface area contributed by atoms with E-state index in [4.69, 9.17) is 5.73 Å². The van der Waals surface area contributed by atoms with E-state index >= 15 is 0 Å². The normalized spacial score (nSPS) is 13.8. The Hall–Kier alpha value is -1.32. The van der Waals surface area contributed by atoms with E-state index in [1.807, 2.05) is 18.9 Å². The second-order valence-corrected chi connectivity index (χ2v) is 5.77. The minimum absolute atomic E-state index is 0.00593. The van der Waals surface area contributed by atoms with E-state index in [2.05, 4.69) is 20.8 Å². The number of hydrogen-bond donors (Lipinski definition) is 1. The number of anilines is 2. The molecule has 0 bridgehead atoms. The zero-order valence-corrected chi connectivity index (χ0v) is 11.7. The molecule has 2 nitrogen and oxygen atoms in total. The predicted octanol–water partition coefficient (Wildman–Crippen LogP) is 4.08. The summed E-state index contributed by atoms with van der Waals surface area (Å²) in [4.78, 5) is 1.89. The first-order valence-electron chi connectivity index (χ1n) is 6.05. The average Bonchev–Trinajstić information content (AvgIpc) is 2.25. The Morgan fingerprint density at radius 3 is 2.22 bits per heavy atom. The van der Waals surface area contributed by atoms with Gasteiger partial charge < -0.3 is 10.6 Å². The molecule has 1 aromatic carbocycles. The molecule has 1 atom stereocenters. The highest BCUT2D eigenvalue weighted by Gasteiger charge is 2.26. The molecule has 0 fully saturated rings. The number of nitrogens with zero attached hydrogens (tertiary/aromatic N) is 1. The van der Waals surface area contributed by atoms with Crippen LogP contribution in [0.2, 0.25) is 0 Å². The van der Waals surface area contributed by atoms with Gasteiger partial charge in [-0.15, -0.1) is 0 Å². The summed E-state index contributed by atoms with van der Waals surface area (Å²) in [5, 5.41) is 0. The Bertz CT molecular complexity index is 411. The summed E-state index contributed by atoms with van der Waals surface area (Å²) in [6.07, 6.45) is -2.52. The van der Waals surface area contributed by atoms with Gasteiger partial charge in [0.05, 0.1) is 0 Å². The molecule has 1 unspecified atom stereocenters. The smallest absolute Gasteiger partial charge is 0.265 e. The van der Waals surface area contributed by atoms with E-state index in [0.717, 1.165) is 0 Å². The first-order valence-corrected chi connectivity index (χ1v) is 6.05. The van der Waals surface area contributed by atoms with Gasteiger partial charge in [0.25, 0.3) is 6.43 Å². The number of nitrogen functional groups attached to an aromatic ring is 1. The van der Waals surface area contributed by atoms with Crippen LogP contribution in [0.4, 0.5) is 20.2 Å². The second kappa shape index (κ2) is 5.12. The van der Waals surface area contributed by atoms with Crippen LogP contribution in [0.15, 0.2) is 18.2 Å². The van der Waals surface area contributed by atoms with Crippen LogP contribution in [0.5, 0.6) is 0 Å². The molecule has 0 aromatic heterocycles. The van der Waals surface area contributed by atoms with Crippen molar-refractivity contribution in [1.29, 1.82) is 0 Å². The zero-order chi connectivity index (χ0) is 14.1. The molecule has 0 saturated heterocycles. The lowest BCUT2D eigenvalue weighted by atomic mass is 9.86. The molecule has 1 rings (SSSR count). The first kappa shape index (κ1) is 14.7. The molecular formula is C14H22F2N2. The van der Waals surface area contributed by atoms with Crippen LogP contribution in [0.1, 0.15) is 39.7 Å². The molecule has 0 heterocycles. The van der Waals surface area contributed by atoms with Crippen LogP contribution in [0.3, 0.4) is 0 Å². The van der Waals surface area contributed by atoms with E-state index in [9.17, 15) is 8.78 Å². The molecule has 0 saturated carbocycles. The Labute approximate surface area is 108 Å². The molecule has 0 spiro atoms. The van der Waals surface area contributed by atoms with Crippen LogP contribution in [-0.4, -0.2) is 13.1 Å². The summed E-state index contributed by atoms with van der Waals surface area (Å²) < 4.78 is 26.1. The largest absolute Gasteiger partial charge is 0.399 e. The summed E-state index contributed by atoms with van der Waals surface area (Å²) in [5.74, 6) is 0. The maximum atomic E-state index is 13.0. The van der Waals surface area contributed by atoms with Gasteiger partial charge in [0, 0.05) is 30.0 Å². The Morgan fingerprint density at radius 1 is 1.22 bits per heavy atom. The van der Waals surface area contributed by atoms with Crippen LogP contribution in [0.25, 0.3) is 0 Å². The van der Waals surface area contributed by atoms with Crippen LogP contribution < -0.4 is 10.6 Å². The van der Waals surface area contributed by atoms with Gasteiger partial charge in [-0.2, -0.15) is 0 Å². The standard InChI is InChI=1S/C14H22F2N2/c1-9(14(2,3)4)18(5)12-7-6-10(17)8-11(12)13(15)16/h6-9,13H,17H2,1-5H3. The molecule has 102 valence electrons. The minimum atomic E-state index is -2.52. The topological polar surface area (TPSA) is 29.3 Å². The quantitative estimate of drug-likeness (QED) is 0.826. The van der Waals surface area contributed by atoms with Gasteiger partial charge in [0.1, 0.15) is 0 Å². The first-order chi connectivity index (χ1) is 8.14. The molecule has 2 N–H and O–H groups in total. The maximum Gasteiger partial charge on any atom is 0.265 e. The lowest BCUT2D eigenvalue weighted by Gasteiger charge is -2.37. The molecule has 1 aromatic rings. The molecule has 0 aliphatic carbocycles. The fourth-order valence-corrected chi connectivity index (χ4v) is 1.86. The number of rotatable bonds is 3. The summed E-state index contributed by atoms with van der Waals surface area (Å²) >= 11 is 0. The number of alkyl halides is 2. The van der Waals surface area contributed by atoms with Crippen molar-refractivity contribution in [2.24, 2.45) is 5.41 Å². The fourth-order valence-electron chi connectivity index (χ4n) is 1.86. The average molecular weight is 256 g/mol. The van der Waals surface area contributed by atoms with Crippen LogP contribution in [-0.2, 0) is 0 Å². The third kappa shape index (κ3) is 3.12. The third-order valence-electron chi connectivity index (χ3n) is 3.50. The second-order valence-electron chi connectivity index (χ2n) is 5.77. The monoisotopic (exact) mass is 256 g/mol. The Kier molecular flexibility index (Phi) is 4.20. The van der Waals surface area contributed by atoms with E-state index in [1.165, 1.54) is 6.07 Å². The van der Waals surface area contributed by atoms with Crippen LogP contribution >= 0.6 is 0 Å². The molecule has 0 aliphatic rings. The van der Waals surface area contributed by atoms with E-state index in [-0.39, 0.29) is 17.0 Å². The SMILES string of the molecule is CC(N(C)c1ccc(N)cc1C(F)F)C(C)(C)C. The van der Waals surface area contributed by atoms with Crippen molar-refractivity contribution in [2.45, 2.75) is 40.2 Å². The maximum absolute atomic E-state index is 13.0. The Balaban J connectivity index is 3.17. The van der Waals surface area contributed by atoms with Crippen molar-refractivity contribution < 1.29 is 8.78 Å². The summed E-state index contributed by atoms with van der Waals surface area (Å²) in [7, 11) is 1.84. The minimum Gasteiger partial charge on any atom is -0.399 e. The third-order valence-corrected chi connectivity index (χ3v) is 3.50. The highest BCUT2D eigenvalue weighted by molar-refractivity contribution is 5.60. The Morgan fingerprint density at radius 2 is 1.78 bits per heavy atom. The summed E-state index contributed by atoms with van der Waals surface area (Å²) in [6, 6.07) is 4.82. The van der Waals surface area contributed by atoms with Gasteiger partial charge in [-0.3, -0.25) is 0 Å². The van der Waals surface area contributed by atoms with Gasteiger partial charge >= 0.3 is 0 Å². The van der Waals surface area contributed by atoms with Crippen molar-refractivity contribution in [3.63, 3.8) is 0 Å². The predicted molar refractivity (Wildman–Crippen MR) is 73.1 cm³/mol. The number of nitrogens with two attached hydrogens (primary N) is 1. The van der Waals surface area contributed by atoms with Crippen molar-refractivity contribution in [3.8, 4) is 0 Å². The fraction of sp³-hybridized carbons (Fsp3) is 0.571. The molecule has 0 aliphatic heterocycles. The molecule has 0 radical (unpaired) electrons. The molecule has 18 heavy (non-hydrogen) atoms. The molecular weight excluding hydrogens is 234 g/mol. The highest BCUT2D eigenvalue weighted by Crippen LogP contribution is 2.35. The van der Waals surface area contributed by atoms with Crippen molar-refractivity contribution in [1.82, 2.24) is 0 Å². The van der Waals surface area contributed by atoms with Gasteiger partial charge in [0.15, 0.2) is 0 Å². The molecule has 4 heteroatoms. The van der Waals surface area contributed by atoms with E-state index < -0.39 is 6.43 Å². The summed E-state index contributed by atoms with van der Waals surface area (Å²) in [5.41, 5.74) is 6.49. The number of benzene rings is 1. The van der Waals surface area contributed by atoms with Crippen molar-refractivity contribution >= 4 is 11.4 Å². The number of hydrogen-bond acceptors (Lipinski definition) is 2. The lowest BCUT2D eigenvalue weighted by molar-refractivity contribution is 0.151. The molecule has 0 amide bonds. The van der Waals surface area contributed by atoms with Gasteiger partial charge in [0.2, 0.25) is 0 Å². The highest BCUT2D eigenvalue weighted by atomic mass is 19.3. The van der Waals surface area contributed by atoms with Crippen LogP contribution in [0, 0.1) is 5.41 Å². The zero-order valence-electron chi connectivity index (χ0n) is 11.7. The van der Waals surface area contributed by atoms with E-state index in [0.29, 0.717) is 11.4 Å². The van der Waals surface area contributed by atoms with Crippen molar-refractivity contribution in [3.05, 3.63) is 23.8 Å². The van der Waals surface area contributed by atoms with Gasteiger partial charge in [-0.05, 0) is 30.5 Å². The van der Waals surface area contributed by atoms with Gasteiger partial charge in [-0.25, -0.2) is 8.78 Å². The lowest BCUT2D eigenvalue weighted by Crippen LogP contribution is -2.39. The van der Waals surface area contributed by atoms with E-state index in [1.54, 1.807) is 12.1 Å². The number of halogens is 2.